The molecule has 1 unspecified atom stereocenters. The Morgan fingerprint density at radius 3 is 2.52 bits per heavy atom. The Morgan fingerprint density at radius 2 is 1.93 bits per heavy atom. The molecule has 3 aliphatic rings. The van der Waals surface area contributed by atoms with E-state index in [-0.39, 0.29) is 41.3 Å². The van der Waals surface area contributed by atoms with Crippen molar-refractivity contribution < 1.29 is 8.42 Å². The van der Waals surface area contributed by atoms with Crippen LogP contribution >= 0.6 is 35.7 Å². The van der Waals surface area contributed by atoms with Crippen molar-refractivity contribution in [3.8, 4) is 0 Å². The van der Waals surface area contributed by atoms with Gasteiger partial charge in [-0.05, 0) is 26.2 Å². The maximum atomic E-state index is 11.7. The van der Waals surface area contributed by atoms with E-state index in [0.29, 0.717) is 12.2 Å². The summed E-state index contributed by atoms with van der Waals surface area (Å²) in [6.45, 7) is 6.00. The summed E-state index contributed by atoms with van der Waals surface area (Å²) in [4.78, 5) is 7.64. The van der Waals surface area contributed by atoms with Gasteiger partial charge in [-0.3, -0.25) is 9.89 Å². The van der Waals surface area contributed by atoms with Crippen LogP contribution in [0.15, 0.2) is 4.99 Å². The van der Waals surface area contributed by atoms with E-state index in [0.717, 1.165) is 19.0 Å². The third-order valence-electron chi connectivity index (χ3n) is 5.92. The SMILES string of the molecule is CCNC(=NCC1(N2CCSCC2)CCCCC1)NC1CCS(=O)(=O)C1.I. The molecule has 0 aromatic carbocycles. The minimum atomic E-state index is -2.88. The quantitative estimate of drug-likeness (QED) is 0.322. The van der Waals surface area contributed by atoms with Gasteiger partial charge >= 0.3 is 0 Å². The molecule has 2 N–H and O–H groups in total. The standard InChI is InChI=1S/C18H34N4O2S2.HI/c1-2-19-17(21-16-6-13-26(23,24)14-16)20-15-18(7-4-3-5-8-18)22-9-11-25-12-10-22;/h16H,2-15H2,1H3,(H2,19,20,21);1H. The average Bonchev–Trinajstić information content (AvgIpc) is 3.00. The second kappa shape index (κ2) is 10.9. The largest absolute Gasteiger partial charge is 0.357 e. The van der Waals surface area contributed by atoms with Gasteiger partial charge < -0.3 is 10.6 Å². The molecule has 1 saturated carbocycles. The molecule has 0 aromatic heterocycles. The highest BCUT2D eigenvalue weighted by Gasteiger charge is 2.38. The van der Waals surface area contributed by atoms with Crippen molar-refractivity contribution in [3.05, 3.63) is 0 Å². The smallest absolute Gasteiger partial charge is 0.191 e. The van der Waals surface area contributed by atoms with E-state index >= 15 is 0 Å². The van der Waals surface area contributed by atoms with E-state index in [1.54, 1.807) is 0 Å². The first-order chi connectivity index (χ1) is 12.5. The topological polar surface area (TPSA) is 73.8 Å². The van der Waals surface area contributed by atoms with Gasteiger partial charge in [-0.25, -0.2) is 8.42 Å². The molecule has 9 heteroatoms. The predicted octanol–water partition coefficient (Wildman–Crippen LogP) is 2.10. The molecule has 0 radical (unpaired) electrons. The van der Waals surface area contributed by atoms with Crippen molar-refractivity contribution in [1.29, 1.82) is 0 Å². The van der Waals surface area contributed by atoms with Gasteiger partial charge in [-0.2, -0.15) is 11.8 Å². The Morgan fingerprint density at radius 1 is 1.22 bits per heavy atom. The third-order valence-corrected chi connectivity index (χ3v) is 8.63. The Hall–Kier alpha value is 0.260. The molecular formula is C18H35IN4O2S2. The van der Waals surface area contributed by atoms with Crippen molar-refractivity contribution in [3.63, 3.8) is 0 Å². The van der Waals surface area contributed by atoms with E-state index in [1.165, 1.54) is 56.7 Å². The monoisotopic (exact) mass is 530 g/mol. The number of rotatable bonds is 5. The fourth-order valence-corrected chi connectivity index (χ4v) is 7.05. The van der Waals surface area contributed by atoms with E-state index < -0.39 is 9.84 Å². The van der Waals surface area contributed by atoms with Crippen molar-refractivity contribution in [1.82, 2.24) is 15.5 Å². The Balaban J connectivity index is 0.00000261. The first kappa shape index (κ1) is 23.5. The summed E-state index contributed by atoms with van der Waals surface area (Å²) in [7, 11) is -2.88. The van der Waals surface area contributed by atoms with Gasteiger partial charge in [0.15, 0.2) is 15.8 Å². The molecule has 2 heterocycles. The van der Waals surface area contributed by atoms with Crippen LogP contribution in [0.3, 0.4) is 0 Å². The summed E-state index contributed by atoms with van der Waals surface area (Å²) in [6, 6.07) is -0.00788. The lowest BCUT2D eigenvalue weighted by Crippen LogP contribution is -2.56. The number of guanidine groups is 1. The fraction of sp³-hybridized carbons (Fsp3) is 0.944. The lowest BCUT2D eigenvalue weighted by Gasteiger charge is -2.47. The summed E-state index contributed by atoms with van der Waals surface area (Å²) in [5, 5.41) is 6.69. The fourth-order valence-electron chi connectivity index (χ4n) is 4.47. The van der Waals surface area contributed by atoms with Crippen LogP contribution in [-0.4, -0.2) is 80.0 Å². The molecule has 0 aromatic rings. The van der Waals surface area contributed by atoms with Gasteiger partial charge in [-0.1, -0.05) is 19.3 Å². The Bertz CT molecular complexity index is 588. The highest BCUT2D eigenvalue weighted by atomic mass is 127. The lowest BCUT2D eigenvalue weighted by atomic mass is 9.80. The summed E-state index contributed by atoms with van der Waals surface area (Å²) in [5.41, 5.74) is 0.198. The van der Waals surface area contributed by atoms with Crippen LogP contribution in [0.2, 0.25) is 0 Å². The van der Waals surface area contributed by atoms with E-state index in [2.05, 4.69) is 34.2 Å². The van der Waals surface area contributed by atoms with Gasteiger partial charge in [0.25, 0.3) is 0 Å². The maximum absolute atomic E-state index is 11.7. The number of nitrogens with zero attached hydrogens (tertiary/aromatic N) is 2. The average molecular weight is 531 g/mol. The summed E-state index contributed by atoms with van der Waals surface area (Å²) >= 11 is 2.06. The zero-order valence-corrected chi connectivity index (χ0v) is 20.4. The molecule has 0 bridgehead atoms. The number of nitrogens with one attached hydrogen (secondary N) is 2. The summed E-state index contributed by atoms with van der Waals surface area (Å²) in [5.74, 6) is 3.75. The number of hydrogen-bond acceptors (Lipinski definition) is 5. The molecule has 2 saturated heterocycles. The predicted molar refractivity (Wildman–Crippen MR) is 126 cm³/mol. The second-order valence-corrected chi connectivity index (χ2v) is 11.3. The number of thioether (sulfide) groups is 1. The number of hydrogen-bond donors (Lipinski definition) is 2. The first-order valence-corrected chi connectivity index (χ1v) is 13.1. The van der Waals surface area contributed by atoms with Gasteiger partial charge in [0.2, 0.25) is 0 Å². The van der Waals surface area contributed by atoms with Crippen LogP contribution in [0, 0.1) is 0 Å². The summed E-state index contributed by atoms with van der Waals surface area (Å²) < 4.78 is 23.5. The molecule has 6 nitrogen and oxygen atoms in total. The molecule has 158 valence electrons. The van der Waals surface area contributed by atoms with Crippen LogP contribution in [0.25, 0.3) is 0 Å². The minimum absolute atomic E-state index is 0. The molecule has 3 rings (SSSR count). The van der Waals surface area contributed by atoms with Gasteiger partial charge in [0.1, 0.15) is 0 Å². The number of aliphatic imine (C=N–C) groups is 1. The molecule has 27 heavy (non-hydrogen) atoms. The van der Waals surface area contributed by atoms with Gasteiger partial charge in [0.05, 0.1) is 18.1 Å². The van der Waals surface area contributed by atoms with E-state index in [1.807, 2.05) is 0 Å². The Kier molecular flexibility index (Phi) is 9.48. The highest BCUT2D eigenvalue weighted by molar-refractivity contribution is 14.0. The minimum Gasteiger partial charge on any atom is -0.357 e. The zero-order valence-electron chi connectivity index (χ0n) is 16.4. The second-order valence-electron chi connectivity index (χ2n) is 7.82. The van der Waals surface area contributed by atoms with Crippen LogP contribution in [0.4, 0.5) is 0 Å². The highest BCUT2D eigenvalue weighted by Crippen LogP contribution is 2.35. The van der Waals surface area contributed by atoms with Crippen LogP contribution in [0.1, 0.15) is 45.4 Å². The molecule has 1 atom stereocenters. The van der Waals surface area contributed by atoms with Crippen molar-refractivity contribution in [2.75, 3.05) is 49.2 Å². The van der Waals surface area contributed by atoms with Crippen LogP contribution < -0.4 is 10.6 Å². The van der Waals surface area contributed by atoms with E-state index in [9.17, 15) is 8.42 Å². The van der Waals surface area contributed by atoms with Crippen LogP contribution in [0.5, 0.6) is 0 Å². The van der Waals surface area contributed by atoms with Crippen molar-refractivity contribution in [2.24, 2.45) is 4.99 Å². The molecule has 3 fully saturated rings. The summed E-state index contributed by atoms with van der Waals surface area (Å²) in [6.07, 6.45) is 7.08. The van der Waals surface area contributed by atoms with Crippen molar-refractivity contribution >= 4 is 51.5 Å². The molecule has 0 amide bonds. The molecule has 1 aliphatic carbocycles. The van der Waals surface area contributed by atoms with Gasteiger partial charge in [0, 0.05) is 42.7 Å². The first-order valence-electron chi connectivity index (χ1n) is 10.1. The zero-order chi connectivity index (χ0) is 18.5. The molecular weight excluding hydrogens is 495 g/mol. The van der Waals surface area contributed by atoms with Crippen molar-refractivity contribution in [2.45, 2.75) is 57.0 Å². The third kappa shape index (κ3) is 6.64. The Labute approximate surface area is 186 Å². The number of sulfone groups is 1. The van der Waals surface area contributed by atoms with Gasteiger partial charge in [-0.15, -0.1) is 24.0 Å². The van der Waals surface area contributed by atoms with Crippen LogP contribution in [-0.2, 0) is 9.84 Å². The molecule has 2 aliphatic heterocycles. The van der Waals surface area contributed by atoms with E-state index in [4.69, 9.17) is 4.99 Å². The maximum Gasteiger partial charge on any atom is 0.191 e. The number of halogens is 1. The molecule has 0 spiro atoms. The lowest BCUT2D eigenvalue weighted by molar-refractivity contribution is 0.0671. The normalized spacial score (nSPS) is 28.3.